The molecule has 0 unspecified atom stereocenters. The maximum Gasteiger partial charge on any atom is 0.258 e. The van der Waals surface area contributed by atoms with Crippen molar-refractivity contribution in [3.05, 3.63) is 59.0 Å². The van der Waals surface area contributed by atoms with Gasteiger partial charge in [-0.1, -0.05) is 25.1 Å². The fourth-order valence-electron chi connectivity index (χ4n) is 4.25. The Bertz CT molecular complexity index is 1410. The molecule has 0 bridgehead atoms. The normalized spacial score (nSPS) is 15.2. The van der Waals surface area contributed by atoms with Gasteiger partial charge < -0.3 is 19.4 Å². The summed E-state index contributed by atoms with van der Waals surface area (Å²) in [6, 6.07) is 11.5. The molecule has 2 heterocycles. The van der Waals surface area contributed by atoms with Crippen LogP contribution in [0.1, 0.15) is 19.8 Å². The second-order valence-corrected chi connectivity index (χ2v) is 10.6. The van der Waals surface area contributed by atoms with Crippen molar-refractivity contribution in [2.45, 2.75) is 31.2 Å². The average Bonchev–Trinajstić information content (AvgIpc) is 2.85. The molecule has 10 heteroatoms. The van der Waals surface area contributed by atoms with Crippen molar-refractivity contribution in [1.82, 2.24) is 8.87 Å². The molecule has 0 radical (unpaired) electrons. The Balaban J connectivity index is 1.71. The lowest BCUT2D eigenvalue weighted by atomic mass is 10.0. The number of nitrogens with one attached hydrogen (secondary N) is 1. The van der Waals surface area contributed by atoms with Crippen LogP contribution in [0.25, 0.3) is 10.8 Å². The van der Waals surface area contributed by atoms with Crippen LogP contribution in [-0.4, -0.2) is 50.5 Å². The predicted molar refractivity (Wildman–Crippen MR) is 134 cm³/mol. The van der Waals surface area contributed by atoms with E-state index in [9.17, 15) is 18.0 Å². The number of carbonyl (C=O) groups is 1. The van der Waals surface area contributed by atoms with Crippen molar-refractivity contribution in [3.63, 3.8) is 0 Å². The molecular formula is C25H29N3O6S. The molecule has 1 N–H and O–H groups in total. The second kappa shape index (κ2) is 10.1. The number of nitrogens with zero attached hydrogens (tertiary/aromatic N) is 2. The van der Waals surface area contributed by atoms with E-state index in [1.54, 1.807) is 42.5 Å². The number of carbonyl (C=O) groups excluding carboxylic acids is 1. The monoisotopic (exact) mass is 499 g/mol. The molecule has 1 amide bonds. The zero-order chi connectivity index (χ0) is 25.2. The van der Waals surface area contributed by atoms with Crippen molar-refractivity contribution in [3.8, 4) is 11.5 Å². The van der Waals surface area contributed by atoms with Crippen LogP contribution in [0, 0.1) is 5.92 Å². The number of piperidine rings is 1. The van der Waals surface area contributed by atoms with E-state index in [-0.39, 0.29) is 16.8 Å². The molecule has 0 saturated carbocycles. The lowest BCUT2D eigenvalue weighted by Crippen LogP contribution is -2.38. The van der Waals surface area contributed by atoms with E-state index in [0.717, 1.165) is 17.4 Å². The van der Waals surface area contributed by atoms with Crippen LogP contribution in [0.3, 0.4) is 0 Å². The summed E-state index contributed by atoms with van der Waals surface area (Å²) in [5.41, 5.74) is -0.0689. The number of fused-ring (bicyclic) bond motifs is 1. The Morgan fingerprint density at radius 1 is 1.06 bits per heavy atom. The largest absolute Gasteiger partial charge is 0.497 e. The van der Waals surface area contributed by atoms with Crippen molar-refractivity contribution < 1.29 is 22.7 Å². The molecule has 0 atom stereocenters. The van der Waals surface area contributed by atoms with E-state index in [1.165, 1.54) is 24.7 Å². The third kappa shape index (κ3) is 5.03. The van der Waals surface area contributed by atoms with Gasteiger partial charge in [0.1, 0.15) is 22.9 Å². The molecule has 1 saturated heterocycles. The molecule has 9 nitrogen and oxygen atoms in total. The molecule has 0 aliphatic carbocycles. The first-order valence-electron chi connectivity index (χ1n) is 11.4. The van der Waals surface area contributed by atoms with Gasteiger partial charge in [0.15, 0.2) is 0 Å². The number of rotatable bonds is 7. The van der Waals surface area contributed by atoms with Crippen LogP contribution < -0.4 is 20.3 Å². The highest BCUT2D eigenvalue weighted by molar-refractivity contribution is 7.89. The van der Waals surface area contributed by atoms with Gasteiger partial charge in [-0.25, -0.2) is 8.42 Å². The maximum absolute atomic E-state index is 13.6. The third-order valence-corrected chi connectivity index (χ3v) is 8.24. The molecule has 35 heavy (non-hydrogen) atoms. The Morgan fingerprint density at radius 2 is 1.74 bits per heavy atom. The van der Waals surface area contributed by atoms with Gasteiger partial charge in [-0.05, 0) is 37.0 Å². The number of aromatic nitrogens is 1. The van der Waals surface area contributed by atoms with Crippen LogP contribution in [0.15, 0.2) is 58.4 Å². The average molecular weight is 500 g/mol. The number of amides is 1. The molecule has 1 fully saturated rings. The topological polar surface area (TPSA) is 107 Å². The lowest BCUT2D eigenvalue weighted by Gasteiger charge is -2.30. The van der Waals surface area contributed by atoms with Gasteiger partial charge >= 0.3 is 0 Å². The number of anilines is 1. The summed E-state index contributed by atoms with van der Waals surface area (Å²) in [5, 5.41) is 3.31. The standard InChI is InChI=1S/C25H29N3O6S/c1-17-10-12-28(13-11-17)35(31,32)23-15-27(25(30)20-7-5-4-6-19(20)23)16-24(29)26-21-14-18(33-2)8-9-22(21)34-3/h4-9,14-15,17H,10-13,16H2,1-3H3,(H,26,29). The Labute approximate surface area is 204 Å². The summed E-state index contributed by atoms with van der Waals surface area (Å²) in [7, 11) is -0.877. The van der Waals surface area contributed by atoms with E-state index in [1.807, 2.05) is 0 Å². The number of methoxy groups -OCH3 is 2. The minimum absolute atomic E-state index is 0.0222. The summed E-state index contributed by atoms with van der Waals surface area (Å²) in [5.74, 6) is 0.898. The first-order chi connectivity index (χ1) is 16.7. The van der Waals surface area contributed by atoms with Crippen LogP contribution >= 0.6 is 0 Å². The number of benzene rings is 2. The summed E-state index contributed by atoms with van der Waals surface area (Å²) in [6.45, 7) is 2.58. The van der Waals surface area contributed by atoms with Gasteiger partial charge in [0.2, 0.25) is 15.9 Å². The molecule has 1 aliphatic rings. The van der Waals surface area contributed by atoms with Gasteiger partial charge in [0, 0.05) is 36.1 Å². The molecule has 4 rings (SSSR count). The highest BCUT2D eigenvalue weighted by atomic mass is 32.2. The van der Waals surface area contributed by atoms with Crippen molar-refractivity contribution in [2.24, 2.45) is 5.92 Å². The van der Waals surface area contributed by atoms with Crippen molar-refractivity contribution in [2.75, 3.05) is 32.6 Å². The van der Waals surface area contributed by atoms with Crippen LogP contribution in [-0.2, 0) is 21.4 Å². The number of hydrogen-bond donors (Lipinski definition) is 1. The summed E-state index contributed by atoms with van der Waals surface area (Å²) < 4.78 is 40.3. The van der Waals surface area contributed by atoms with Crippen molar-refractivity contribution in [1.29, 1.82) is 0 Å². The maximum atomic E-state index is 13.6. The fourth-order valence-corrected chi connectivity index (χ4v) is 5.94. The van der Waals surface area contributed by atoms with E-state index in [4.69, 9.17) is 9.47 Å². The molecule has 2 aromatic carbocycles. The second-order valence-electron chi connectivity index (χ2n) is 8.67. The Morgan fingerprint density at radius 3 is 2.40 bits per heavy atom. The van der Waals surface area contributed by atoms with Gasteiger partial charge in [-0.15, -0.1) is 0 Å². The minimum atomic E-state index is -3.86. The summed E-state index contributed by atoms with van der Waals surface area (Å²) in [6.07, 6.45) is 2.84. The van der Waals surface area contributed by atoms with Gasteiger partial charge in [-0.2, -0.15) is 4.31 Å². The molecule has 3 aromatic rings. The Kier molecular flexibility index (Phi) is 7.13. The zero-order valence-corrected chi connectivity index (χ0v) is 20.8. The van der Waals surface area contributed by atoms with Crippen molar-refractivity contribution >= 4 is 32.4 Å². The fraction of sp³-hybridized carbons (Fsp3) is 0.360. The molecule has 1 aliphatic heterocycles. The highest BCUT2D eigenvalue weighted by Crippen LogP contribution is 2.30. The number of ether oxygens (including phenoxy) is 2. The smallest absolute Gasteiger partial charge is 0.258 e. The molecule has 0 spiro atoms. The lowest BCUT2D eigenvalue weighted by molar-refractivity contribution is -0.116. The number of sulfonamides is 1. The molecular weight excluding hydrogens is 470 g/mol. The number of hydrogen-bond acceptors (Lipinski definition) is 6. The molecule has 1 aromatic heterocycles. The van der Waals surface area contributed by atoms with Crippen LogP contribution in [0.4, 0.5) is 5.69 Å². The van der Waals surface area contributed by atoms with Gasteiger partial charge in [0.25, 0.3) is 5.56 Å². The van der Waals surface area contributed by atoms with Crippen LogP contribution in [0.2, 0.25) is 0 Å². The van der Waals surface area contributed by atoms with Gasteiger partial charge in [0.05, 0.1) is 19.9 Å². The first-order valence-corrected chi connectivity index (χ1v) is 12.8. The Hall–Kier alpha value is -3.37. The minimum Gasteiger partial charge on any atom is -0.497 e. The van der Waals surface area contributed by atoms with E-state index in [0.29, 0.717) is 41.6 Å². The zero-order valence-electron chi connectivity index (χ0n) is 20.0. The quantitative estimate of drug-likeness (QED) is 0.536. The molecule has 186 valence electrons. The van der Waals surface area contributed by atoms with E-state index >= 15 is 0 Å². The SMILES string of the molecule is COc1ccc(OC)c(NC(=O)Cn2cc(S(=O)(=O)N3CCC(C)CC3)c3ccccc3c2=O)c1. The van der Waals surface area contributed by atoms with Crippen LogP contribution in [0.5, 0.6) is 11.5 Å². The summed E-state index contributed by atoms with van der Waals surface area (Å²) >= 11 is 0. The number of pyridine rings is 1. The van der Waals surface area contributed by atoms with E-state index < -0.39 is 21.5 Å². The van der Waals surface area contributed by atoms with E-state index in [2.05, 4.69) is 12.2 Å². The van der Waals surface area contributed by atoms with Gasteiger partial charge in [-0.3, -0.25) is 9.59 Å². The first kappa shape index (κ1) is 24.7. The summed E-state index contributed by atoms with van der Waals surface area (Å²) in [4.78, 5) is 26.1. The highest BCUT2D eigenvalue weighted by Gasteiger charge is 2.30. The third-order valence-electron chi connectivity index (χ3n) is 6.31. The predicted octanol–water partition coefficient (Wildman–Crippen LogP) is 3.08.